The van der Waals surface area contributed by atoms with Gasteiger partial charge in [-0.05, 0) is 12.1 Å². The van der Waals surface area contributed by atoms with Crippen LogP contribution in [0, 0.1) is 0 Å². The summed E-state index contributed by atoms with van der Waals surface area (Å²) in [6.07, 6.45) is 0.798. The number of benzene rings is 1. The van der Waals surface area contributed by atoms with Crippen LogP contribution in [0.25, 0.3) is 11.0 Å². The van der Waals surface area contributed by atoms with Gasteiger partial charge in [0, 0.05) is 20.1 Å². The Morgan fingerprint density at radius 1 is 1.33 bits per heavy atom. The third kappa shape index (κ3) is 2.63. The molecule has 0 aliphatic heterocycles. The van der Waals surface area contributed by atoms with Crippen LogP contribution in [-0.2, 0) is 4.74 Å². The molecule has 0 saturated heterocycles. The molecular formula is C13H15NO3S. The van der Waals surface area contributed by atoms with Crippen molar-refractivity contribution in [2.24, 2.45) is 5.73 Å². The fourth-order valence-corrected chi connectivity index (χ4v) is 1.84. The van der Waals surface area contributed by atoms with Gasteiger partial charge < -0.3 is 19.6 Å². The van der Waals surface area contributed by atoms with Gasteiger partial charge in [-0.2, -0.15) is 0 Å². The first kappa shape index (κ1) is 12.9. The zero-order chi connectivity index (χ0) is 13.0. The van der Waals surface area contributed by atoms with Crippen LogP contribution in [0.4, 0.5) is 0 Å². The minimum Gasteiger partial charge on any atom is -0.489 e. The lowest BCUT2D eigenvalue weighted by molar-refractivity contribution is 0.172. The third-order valence-electron chi connectivity index (χ3n) is 2.51. The van der Waals surface area contributed by atoms with E-state index in [1.807, 2.05) is 24.3 Å². The van der Waals surface area contributed by atoms with Crippen LogP contribution < -0.4 is 10.5 Å². The Bertz CT molecular complexity index is 550. The molecule has 0 fully saturated rings. The molecule has 0 atom stereocenters. The molecule has 0 aliphatic carbocycles. The summed E-state index contributed by atoms with van der Waals surface area (Å²) in [7, 11) is 1.66. The number of methoxy groups -OCH3 is 1. The number of nitrogens with two attached hydrogens (primary N) is 1. The van der Waals surface area contributed by atoms with E-state index in [2.05, 4.69) is 0 Å². The standard InChI is InChI=1S/C13H15NO3S/c1-15-7-4-8-16-11-9-5-2-3-6-10(9)17-12(11)13(14)18/h2-3,5-6H,4,7-8H2,1H3,(H2,14,18). The Morgan fingerprint density at radius 3 is 2.83 bits per heavy atom. The molecule has 0 saturated carbocycles. The fraction of sp³-hybridized carbons (Fsp3) is 0.308. The van der Waals surface area contributed by atoms with E-state index in [1.165, 1.54) is 0 Å². The van der Waals surface area contributed by atoms with Crippen LogP contribution in [0.1, 0.15) is 12.2 Å². The number of para-hydroxylation sites is 1. The Balaban J connectivity index is 2.27. The largest absolute Gasteiger partial charge is 0.489 e. The molecule has 18 heavy (non-hydrogen) atoms. The minimum absolute atomic E-state index is 0.202. The van der Waals surface area contributed by atoms with Gasteiger partial charge in [0.15, 0.2) is 5.75 Å². The first-order valence-electron chi connectivity index (χ1n) is 5.67. The second-order valence-corrected chi connectivity index (χ2v) is 4.26. The molecule has 1 heterocycles. The van der Waals surface area contributed by atoms with Gasteiger partial charge in [-0.15, -0.1) is 0 Å². The molecule has 5 heteroatoms. The lowest BCUT2D eigenvalue weighted by Gasteiger charge is -2.05. The van der Waals surface area contributed by atoms with E-state index in [-0.39, 0.29) is 4.99 Å². The van der Waals surface area contributed by atoms with E-state index < -0.39 is 0 Å². The zero-order valence-corrected chi connectivity index (χ0v) is 11.0. The van der Waals surface area contributed by atoms with Gasteiger partial charge >= 0.3 is 0 Å². The second-order valence-electron chi connectivity index (χ2n) is 3.82. The first-order valence-corrected chi connectivity index (χ1v) is 6.08. The van der Waals surface area contributed by atoms with Gasteiger partial charge in [-0.25, -0.2) is 0 Å². The molecule has 0 spiro atoms. The highest BCUT2D eigenvalue weighted by Gasteiger charge is 2.17. The SMILES string of the molecule is COCCCOc1c(C(N)=S)oc2ccccc12. The summed E-state index contributed by atoms with van der Waals surface area (Å²) in [6, 6.07) is 7.60. The summed E-state index contributed by atoms with van der Waals surface area (Å²) >= 11 is 4.97. The fourth-order valence-electron chi connectivity index (χ4n) is 1.70. The highest BCUT2D eigenvalue weighted by molar-refractivity contribution is 7.80. The molecule has 1 aromatic carbocycles. The predicted molar refractivity (Wildman–Crippen MR) is 74.1 cm³/mol. The molecule has 0 aliphatic rings. The van der Waals surface area contributed by atoms with E-state index >= 15 is 0 Å². The lowest BCUT2D eigenvalue weighted by atomic mass is 10.2. The minimum atomic E-state index is 0.202. The van der Waals surface area contributed by atoms with Crippen LogP contribution in [0.5, 0.6) is 5.75 Å². The number of rotatable bonds is 6. The van der Waals surface area contributed by atoms with Crippen molar-refractivity contribution in [3.05, 3.63) is 30.0 Å². The molecule has 0 radical (unpaired) electrons. The summed E-state index contributed by atoms with van der Waals surface area (Å²) in [5, 5.41) is 0.887. The van der Waals surface area contributed by atoms with Crippen LogP contribution in [0.15, 0.2) is 28.7 Å². The molecule has 96 valence electrons. The Hall–Kier alpha value is -1.59. The van der Waals surface area contributed by atoms with Crippen molar-refractivity contribution in [2.45, 2.75) is 6.42 Å². The smallest absolute Gasteiger partial charge is 0.204 e. The molecule has 0 bridgehead atoms. The highest BCUT2D eigenvalue weighted by Crippen LogP contribution is 2.33. The Labute approximate surface area is 111 Å². The monoisotopic (exact) mass is 265 g/mol. The Kier molecular flexibility index (Phi) is 4.17. The highest BCUT2D eigenvalue weighted by atomic mass is 32.1. The van der Waals surface area contributed by atoms with Gasteiger partial charge in [0.25, 0.3) is 0 Å². The molecule has 2 rings (SSSR count). The molecule has 0 amide bonds. The zero-order valence-electron chi connectivity index (χ0n) is 10.1. The van der Waals surface area contributed by atoms with E-state index in [9.17, 15) is 0 Å². The van der Waals surface area contributed by atoms with Crippen LogP contribution in [0.3, 0.4) is 0 Å². The normalized spacial score (nSPS) is 10.7. The van der Waals surface area contributed by atoms with Crippen LogP contribution in [0.2, 0.25) is 0 Å². The first-order chi connectivity index (χ1) is 8.74. The number of thiocarbonyl (C=S) groups is 1. The van der Waals surface area contributed by atoms with Gasteiger partial charge in [-0.1, -0.05) is 24.4 Å². The van der Waals surface area contributed by atoms with Crippen LogP contribution >= 0.6 is 12.2 Å². The number of fused-ring (bicyclic) bond motifs is 1. The van der Waals surface area contributed by atoms with Gasteiger partial charge in [0.2, 0.25) is 5.76 Å². The molecule has 4 nitrogen and oxygen atoms in total. The van der Waals surface area contributed by atoms with Crippen molar-refractivity contribution in [3.63, 3.8) is 0 Å². The summed E-state index contributed by atoms with van der Waals surface area (Å²) in [4.78, 5) is 0.202. The summed E-state index contributed by atoms with van der Waals surface area (Å²) < 4.78 is 16.3. The van der Waals surface area contributed by atoms with Gasteiger partial charge in [0.05, 0.1) is 12.0 Å². The van der Waals surface area contributed by atoms with E-state index in [1.54, 1.807) is 7.11 Å². The van der Waals surface area contributed by atoms with Crippen LogP contribution in [-0.4, -0.2) is 25.3 Å². The van der Waals surface area contributed by atoms with E-state index in [0.29, 0.717) is 24.7 Å². The summed E-state index contributed by atoms with van der Waals surface area (Å²) in [6.45, 7) is 1.19. The average molecular weight is 265 g/mol. The Morgan fingerprint density at radius 2 is 2.11 bits per heavy atom. The predicted octanol–water partition coefficient (Wildman–Crippen LogP) is 2.48. The number of furan rings is 1. The summed E-state index contributed by atoms with van der Waals surface area (Å²) in [5.74, 6) is 1.05. The van der Waals surface area contributed by atoms with Crippen molar-refractivity contribution in [1.82, 2.24) is 0 Å². The maximum atomic E-state index is 5.71. The van der Waals surface area contributed by atoms with Crippen molar-refractivity contribution >= 4 is 28.2 Å². The molecule has 0 unspecified atom stereocenters. The van der Waals surface area contributed by atoms with Gasteiger partial charge in [-0.3, -0.25) is 0 Å². The maximum Gasteiger partial charge on any atom is 0.204 e. The van der Waals surface area contributed by atoms with E-state index in [0.717, 1.165) is 17.4 Å². The van der Waals surface area contributed by atoms with Crippen molar-refractivity contribution in [2.75, 3.05) is 20.3 Å². The number of ether oxygens (including phenoxy) is 2. The average Bonchev–Trinajstić information content (AvgIpc) is 2.74. The number of hydrogen-bond acceptors (Lipinski definition) is 4. The number of hydrogen-bond donors (Lipinski definition) is 1. The molecular weight excluding hydrogens is 250 g/mol. The maximum absolute atomic E-state index is 5.71. The lowest BCUT2D eigenvalue weighted by Crippen LogP contribution is -2.11. The topological polar surface area (TPSA) is 57.6 Å². The summed E-state index contributed by atoms with van der Waals surface area (Å²) in [5.41, 5.74) is 6.37. The quantitative estimate of drug-likeness (QED) is 0.642. The second kappa shape index (κ2) is 5.84. The molecule has 2 N–H and O–H groups in total. The van der Waals surface area contributed by atoms with Crippen molar-refractivity contribution in [1.29, 1.82) is 0 Å². The van der Waals surface area contributed by atoms with E-state index in [4.69, 9.17) is 31.8 Å². The van der Waals surface area contributed by atoms with Gasteiger partial charge in [0.1, 0.15) is 10.6 Å². The molecule has 1 aromatic heterocycles. The molecule has 2 aromatic rings. The third-order valence-corrected chi connectivity index (χ3v) is 2.70. The van der Waals surface area contributed by atoms with Crippen molar-refractivity contribution in [3.8, 4) is 5.75 Å². The van der Waals surface area contributed by atoms with Crippen molar-refractivity contribution < 1.29 is 13.9 Å².